The van der Waals surface area contributed by atoms with E-state index in [1.807, 2.05) is 0 Å². The number of fused-ring (bicyclic) bond motifs is 1. The molecule has 0 fully saturated rings. The lowest BCUT2D eigenvalue weighted by Crippen LogP contribution is -2.55. The number of nitrogens with zero attached hydrogens (tertiary/aromatic N) is 2. The number of aromatic hydroxyl groups is 1. The molecule has 3 rings (SSSR count). The average Bonchev–Trinajstić information content (AvgIpc) is 2.72. The number of ether oxygens (including phenoxy) is 1. The van der Waals surface area contributed by atoms with Crippen molar-refractivity contribution < 1.29 is 36.3 Å². The molecule has 0 saturated carbocycles. The molecular weight excluding hydrogens is 441 g/mol. The van der Waals surface area contributed by atoms with Crippen LogP contribution in [-0.4, -0.2) is 42.5 Å². The second kappa shape index (κ2) is 8.17. The van der Waals surface area contributed by atoms with E-state index >= 15 is 0 Å². The Labute approximate surface area is 174 Å². The molecule has 0 saturated heterocycles. The van der Waals surface area contributed by atoms with Gasteiger partial charge >= 0.3 is 6.18 Å². The Kier molecular flexibility index (Phi) is 5.93. The van der Waals surface area contributed by atoms with Gasteiger partial charge in [-0.15, -0.1) is 0 Å². The highest BCUT2D eigenvalue weighted by molar-refractivity contribution is 7.89. The summed E-state index contributed by atoms with van der Waals surface area (Å²) in [6, 6.07) is 9.18. The van der Waals surface area contributed by atoms with Crippen LogP contribution in [0.2, 0.25) is 0 Å². The lowest BCUT2D eigenvalue weighted by Gasteiger charge is -2.32. The molecule has 31 heavy (non-hydrogen) atoms. The first-order valence-electron chi connectivity index (χ1n) is 8.58. The van der Waals surface area contributed by atoms with Crippen molar-refractivity contribution >= 4 is 26.7 Å². The number of alkyl halides is 3. The van der Waals surface area contributed by atoms with Gasteiger partial charge in [-0.05, 0) is 25.1 Å². The van der Waals surface area contributed by atoms with E-state index in [1.54, 1.807) is 6.07 Å². The number of nitrogens with one attached hydrogen (secondary N) is 2. The quantitative estimate of drug-likeness (QED) is 0.365. The first kappa shape index (κ1) is 22.5. The highest BCUT2D eigenvalue weighted by atomic mass is 32.2. The predicted octanol–water partition coefficient (Wildman–Crippen LogP) is 2.94. The Hall–Kier alpha value is -3.16. The summed E-state index contributed by atoms with van der Waals surface area (Å²) in [5.41, 5.74) is -3.11. The fraction of sp³-hybridized carbons (Fsp3) is 0.222. The molecule has 2 aromatic carbocycles. The highest BCUT2D eigenvalue weighted by Gasteiger charge is 2.54. The fourth-order valence-electron chi connectivity index (χ4n) is 2.50. The summed E-state index contributed by atoms with van der Waals surface area (Å²) in [4.78, 5) is 13.5. The molecule has 0 amide bonds. The van der Waals surface area contributed by atoms with Crippen molar-refractivity contribution in [1.82, 2.24) is 14.9 Å². The van der Waals surface area contributed by atoms with Crippen molar-refractivity contribution in [2.75, 3.05) is 12.4 Å². The van der Waals surface area contributed by atoms with E-state index in [2.05, 4.69) is 20.1 Å². The summed E-state index contributed by atoms with van der Waals surface area (Å²) in [5.74, 6) is -0.628. The number of aromatic nitrogens is 2. The molecule has 1 unspecified atom stereocenters. The molecule has 3 aromatic rings. The summed E-state index contributed by atoms with van der Waals surface area (Å²) >= 11 is 0. The molecule has 1 atom stereocenters. The third-order valence-electron chi connectivity index (χ3n) is 4.24. The number of hydrogen-bond donors (Lipinski definition) is 3. The normalized spacial score (nSPS) is 14.2. The molecule has 1 aromatic heterocycles. The smallest absolute Gasteiger partial charge is 0.438 e. The number of rotatable bonds is 7. The minimum Gasteiger partial charge on any atom is -0.504 e. The van der Waals surface area contributed by atoms with Gasteiger partial charge in [0.25, 0.3) is 15.7 Å². The number of anilines is 1. The zero-order valence-electron chi connectivity index (χ0n) is 16.1. The van der Waals surface area contributed by atoms with E-state index < -0.39 is 21.9 Å². The summed E-state index contributed by atoms with van der Waals surface area (Å²) < 4.78 is 71.1. The first-order valence-corrected chi connectivity index (χ1v) is 10.1. The van der Waals surface area contributed by atoms with E-state index in [0.717, 1.165) is 6.33 Å². The minimum absolute atomic E-state index is 0.0234. The lowest BCUT2D eigenvalue weighted by atomic mass is 10.2. The van der Waals surface area contributed by atoms with Crippen LogP contribution in [0, 0.1) is 0 Å². The van der Waals surface area contributed by atoms with Crippen LogP contribution < -0.4 is 14.9 Å². The molecule has 13 heteroatoms. The number of phenols is 1. The van der Waals surface area contributed by atoms with Crippen molar-refractivity contribution in [2.45, 2.75) is 23.7 Å². The Balaban J connectivity index is 1.97. The van der Waals surface area contributed by atoms with Gasteiger partial charge < -0.3 is 15.2 Å². The van der Waals surface area contributed by atoms with Crippen LogP contribution >= 0.6 is 0 Å². The minimum atomic E-state index is -5.08. The zero-order chi connectivity index (χ0) is 22.9. The number of halogens is 3. The zero-order valence-corrected chi connectivity index (χ0v) is 17.0. The fourth-order valence-corrected chi connectivity index (χ4v) is 3.39. The molecule has 0 aliphatic heterocycles. The first-order chi connectivity index (χ1) is 14.5. The number of hydrogen-bond acceptors (Lipinski definition) is 8. The summed E-state index contributed by atoms with van der Waals surface area (Å²) in [5, 5.41) is 12.0. The van der Waals surface area contributed by atoms with Crippen LogP contribution in [0.3, 0.4) is 0 Å². The van der Waals surface area contributed by atoms with Gasteiger partial charge in [-0.1, -0.05) is 23.1 Å². The molecule has 1 heterocycles. The number of phenolic OH excluding ortho intramolecular Hbond substituents is 1. The summed E-state index contributed by atoms with van der Waals surface area (Å²) in [6.45, 7) is 0.589. The molecule has 0 bridgehead atoms. The van der Waals surface area contributed by atoms with Gasteiger partial charge in [0.05, 0.1) is 17.5 Å². The van der Waals surface area contributed by atoms with Crippen LogP contribution in [0.4, 0.5) is 19.0 Å². The van der Waals surface area contributed by atoms with E-state index in [1.165, 1.54) is 48.4 Å². The van der Waals surface area contributed by atoms with Crippen LogP contribution in [0.25, 0.3) is 10.9 Å². The molecule has 0 aliphatic rings. The summed E-state index contributed by atoms with van der Waals surface area (Å²) in [6.07, 6.45) is -4.11. The largest absolute Gasteiger partial charge is 0.504 e. The molecule has 166 valence electrons. The lowest BCUT2D eigenvalue weighted by molar-refractivity contribution is -0.268. The SMILES string of the molecule is COc1cc2c(NC(C)(ONS(=O)(=O)c3ccccc3)C(F)(F)F)ncnc2cc1O. The standard InChI is InChI=1S/C18H17F3N4O5S/c1-17(18(19,20)21,30-25-31(27,28)11-6-4-3-5-7-11)24-16-12-8-15(29-2)14(26)9-13(12)22-10-23-16/h3-10,25-26H,1-2H3,(H,22,23,24). The van der Waals surface area contributed by atoms with Gasteiger partial charge in [0, 0.05) is 11.5 Å². The Morgan fingerprint density at radius 3 is 2.39 bits per heavy atom. The molecule has 0 radical (unpaired) electrons. The average molecular weight is 458 g/mol. The number of sulfonamides is 1. The van der Waals surface area contributed by atoms with Crippen LogP contribution in [0.15, 0.2) is 53.7 Å². The second-order valence-corrected chi connectivity index (χ2v) is 8.07. The van der Waals surface area contributed by atoms with Gasteiger partial charge in [0.1, 0.15) is 12.1 Å². The van der Waals surface area contributed by atoms with Crippen LogP contribution in [0.5, 0.6) is 11.5 Å². The topological polar surface area (TPSA) is 123 Å². The maximum Gasteiger partial charge on any atom is 0.438 e. The Morgan fingerprint density at radius 1 is 1.10 bits per heavy atom. The molecule has 0 spiro atoms. The van der Waals surface area contributed by atoms with Crippen molar-refractivity contribution in [3.8, 4) is 11.5 Å². The van der Waals surface area contributed by atoms with E-state index in [9.17, 15) is 26.7 Å². The van der Waals surface area contributed by atoms with Gasteiger partial charge in [-0.25, -0.2) is 23.2 Å². The van der Waals surface area contributed by atoms with Crippen LogP contribution in [-0.2, 0) is 14.9 Å². The molecular formula is C18H17F3N4O5S. The maximum absolute atomic E-state index is 13.8. The Bertz CT molecular complexity index is 1190. The number of benzene rings is 2. The monoisotopic (exact) mass is 458 g/mol. The van der Waals surface area contributed by atoms with Gasteiger partial charge in [-0.2, -0.15) is 13.2 Å². The second-order valence-electron chi connectivity index (χ2n) is 6.42. The van der Waals surface area contributed by atoms with Crippen molar-refractivity contribution in [3.63, 3.8) is 0 Å². The predicted molar refractivity (Wildman–Crippen MR) is 104 cm³/mol. The van der Waals surface area contributed by atoms with Crippen molar-refractivity contribution in [1.29, 1.82) is 0 Å². The van der Waals surface area contributed by atoms with Gasteiger partial charge in [0.15, 0.2) is 11.5 Å². The van der Waals surface area contributed by atoms with E-state index in [-0.39, 0.29) is 33.1 Å². The van der Waals surface area contributed by atoms with Crippen molar-refractivity contribution in [3.05, 3.63) is 48.8 Å². The molecule has 0 aliphatic carbocycles. The molecule has 3 N–H and O–H groups in total. The Morgan fingerprint density at radius 2 is 1.77 bits per heavy atom. The maximum atomic E-state index is 13.8. The van der Waals surface area contributed by atoms with Crippen molar-refractivity contribution in [2.24, 2.45) is 0 Å². The summed E-state index contributed by atoms with van der Waals surface area (Å²) in [7, 11) is -3.14. The third-order valence-corrected chi connectivity index (χ3v) is 5.44. The number of methoxy groups -OCH3 is 1. The van der Waals surface area contributed by atoms with Gasteiger partial charge in [-0.3, -0.25) is 0 Å². The van der Waals surface area contributed by atoms with E-state index in [4.69, 9.17) is 4.74 Å². The highest BCUT2D eigenvalue weighted by Crippen LogP contribution is 2.37. The third kappa shape index (κ3) is 4.62. The van der Waals surface area contributed by atoms with Crippen LogP contribution in [0.1, 0.15) is 6.92 Å². The van der Waals surface area contributed by atoms with Gasteiger partial charge in [0.2, 0.25) is 0 Å². The molecule has 9 nitrogen and oxygen atoms in total. The van der Waals surface area contributed by atoms with E-state index in [0.29, 0.717) is 6.92 Å².